The van der Waals surface area contributed by atoms with E-state index in [1.54, 1.807) is 0 Å². The molecule has 4 atom stereocenters. The van der Waals surface area contributed by atoms with Gasteiger partial charge in [0.05, 0.1) is 17.5 Å². The van der Waals surface area contributed by atoms with Crippen molar-refractivity contribution in [2.75, 3.05) is 24.0 Å². The minimum atomic E-state index is 0.387. The molecule has 0 bridgehead atoms. The van der Waals surface area contributed by atoms with Gasteiger partial charge in [-0.25, -0.2) is 0 Å². The van der Waals surface area contributed by atoms with Crippen molar-refractivity contribution in [3.05, 3.63) is 29.8 Å². The fourth-order valence-corrected chi connectivity index (χ4v) is 6.44. The lowest BCUT2D eigenvalue weighted by Gasteiger charge is -2.45. The van der Waals surface area contributed by atoms with Crippen LogP contribution < -0.4 is 9.80 Å². The number of benzene rings is 1. The molecule has 35 heavy (non-hydrogen) atoms. The zero-order valence-corrected chi connectivity index (χ0v) is 23.7. The first kappa shape index (κ1) is 27.8. The summed E-state index contributed by atoms with van der Waals surface area (Å²) in [5.41, 5.74) is 5.54. The Labute approximate surface area is 215 Å². The van der Waals surface area contributed by atoms with Gasteiger partial charge in [-0.1, -0.05) is 59.1 Å². The van der Waals surface area contributed by atoms with Crippen LogP contribution in [0.3, 0.4) is 0 Å². The van der Waals surface area contributed by atoms with Gasteiger partial charge in [-0.2, -0.15) is 0 Å². The van der Waals surface area contributed by atoms with Gasteiger partial charge in [0.25, 0.3) is 0 Å². The van der Waals surface area contributed by atoms with Crippen molar-refractivity contribution in [2.45, 2.75) is 111 Å². The molecule has 1 N–H and O–H groups in total. The summed E-state index contributed by atoms with van der Waals surface area (Å²) in [6.07, 6.45) is 12.6. The van der Waals surface area contributed by atoms with E-state index in [9.17, 15) is 0 Å². The third-order valence-corrected chi connectivity index (χ3v) is 9.14. The van der Waals surface area contributed by atoms with E-state index in [2.05, 4.69) is 68.8 Å². The number of anilines is 2. The second-order valence-corrected chi connectivity index (χ2v) is 11.3. The summed E-state index contributed by atoms with van der Waals surface area (Å²) in [4.78, 5) is 5.40. The van der Waals surface area contributed by atoms with E-state index >= 15 is 0 Å². The van der Waals surface area contributed by atoms with Crippen LogP contribution in [-0.2, 0) is 4.74 Å². The molecule has 1 aromatic carbocycles. The lowest BCUT2D eigenvalue weighted by Crippen LogP contribution is -2.53. The van der Waals surface area contributed by atoms with Crippen LogP contribution in [0.4, 0.5) is 11.4 Å². The molecule has 196 valence electrons. The Bertz CT molecular complexity index is 870. The Morgan fingerprint density at radius 3 is 2.31 bits per heavy atom. The first-order chi connectivity index (χ1) is 16.8. The normalized spacial score (nSPS) is 25.4. The van der Waals surface area contributed by atoms with Crippen LogP contribution in [0.1, 0.15) is 98.5 Å². The molecule has 1 heterocycles. The summed E-state index contributed by atoms with van der Waals surface area (Å²) in [7, 11) is 4.19. The Morgan fingerprint density at radius 1 is 1.09 bits per heavy atom. The van der Waals surface area contributed by atoms with Gasteiger partial charge in [-0.05, 0) is 81.1 Å². The second-order valence-electron chi connectivity index (χ2n) is 11.3. The topological polar surface area (TPSA) is 39.6 Å². The minimum absolute atomic E-state index is 0.387. The van der Waals surface area contributed by atoms with E-state index < -0.39 is 0 Å². The Morgan fingerprint density at radius 2 is 1.77 bits per heavy atom. The summed E-state index contributed by atoms with van der Waals surface area (Å²) in [5.74, 6) is 2.08. The predicted molar refractivity (Wildman–Crippen MR) is 153 cm³/mol. The maximum atomic E-state index is 8.27. The number of hydrogen-bond donors (Lipinski definition) is 1. The number of allylic oxidation sites excluding steroid dienone is 2. The number of ether oxygens (including phenoxy) is 1. The summed E-state index contributed by atoms with van der Waals surface area (Å²) in [5, 5.41) is 8.27. The fourth-order valence-electron chi connectivity index (χ4n) is 6.44. The summed E-state index contributed by atoms with van der Waals surface area (Å²) < 4.78 is 5.72. The van der Waals surface area contributed by atoms with Crippen molar-refractivity contribution in [1.82, 2.24) is 0 Å². The van der Waals surface area contributed by atoms with Crippen LogP contribution in [0.25, 0.3) is 5.57 Å². The van der Waals surface area contributed by atoms with Gasteiger partial charge in [0.1, 0.15) is 6.17 Å². The van der Waals surface area contributed by atoms with Crippen molar-refractivity contribution in [1.29, 1.82) is 5.41 Å². The first-order valence-corrected chi connectivity index (χ1v) is 14.2. The van der Waals surface area contributed by atoms with Crippen LogP contribution in [0.5, 0.6) is 0 Å². The first-order valence-electron chi connectivity index (χ1n) is 14.2. The van der Waals surface area contributed by atoms with Gasteiger partial charge in [0, 0.05) is 31.8 Å². The van der Waals surface area contributed by atoms with Crippen molar-refractivity contribution >= 4 is 22.7 Å². The van der Waals surface area contributed by atoms with Crippen molar-refractivity contribution in [3.63, 3.8) is 0 Å². The summed E-state index contributed by atoms with van der Waals surface area (Å²) >= 11 is 0. The van der Waals surface area contributed by atoms with E-state index in [0.717, 1.165) is 29.9 Å². The van der Waals surface area contributed by atoms with Gasteiger partial charge < -0.3 is 19.9 Å². The van der Waals surface area contributed by atoms with Gasteiger partial charge in [-0.3, -0.25) is 0 Å². The summed E-state index contributed by atoms with van der Waals surface area (Å²) in [6.45, 7) is 13.5. The maximum Gasteiger partial charge on any atom is 0.105 e. The van der Waals surface area contributed by atoms with Gasteiger partial charge in [0.2, 0.25) is 0 Å². The molecular weight excluding hydrogens is 430 g/mol. The van der Waals surface area contributed by atoms with Crippen LogP contribution in [0.2, 0.25) is 0 Å². The van der Waals surface area contributed by atoms with Gasteiger partial charge in [0.15, 0.2) is 0 Å². The van der Waals surface area contributed by atoms with Crippen molar-refractivity contribution < 1.29 is 4.74 Å². The van der Waals surface area contributed by atoms with E-state index in [0.29, 0.717) is 35.9 Å². The molecule has 4 nitrogen and oxygen atoms in total. The SMILES string of the molecule is C/C=C(/C(C)=N)c1ccc2c(c1)N(C)C(C(CCC(C)CC)C(C)CC)N2C1CCC(OC)CC1. The number of nitrogens with zero attached hydrogens (tertiary/aromatic N) is 2. The average Bonchev–Trinajstić information content (AvgIpc) is 3.15. The second kappa shape index (κ2) is 12.4. The van der Waals surface area contributed by atoms with E-state index in [-0.39, 0.29) is 0 Å². The summed E-state index contributed by atoms with van der Waals surface area (Å²) in [6, 6.07) is 7.49. The Hall–Kier alpha value is -1.81. The zero-order valence-electron chi connectivity index (χ0n) is 23.7. The number of nitrogens with one attached hydrogen (secondary N) is 1. The average molecular weight is 482 g/mol. The van der Waals surface area contributed by atoms with Crippen LogP contribution in [0, 0.1) is 23.2 Å². The molecule has 1 saturated carbocycles. The molecule has 0 spiro atoms. The number of fused-ring (bicyclic) bond motifs is 1. The highest BCUT2D eigenvalue weighted by Crippen LogP contribution is 2.48. The van der Waals surface area contributed by atoms with Crippen LogP contribution in [0.15, 0.2) is 24.3 Å². The molecular formula is C31H51N3O. The zero-order chi connectivity index (χ0) is 25.7. The third kappa shape index (κ3) is 5.96. The third-order valence-electron chi connectivity index (χ3n) is 9.14. The standard InChI is InChI=1S/C31H51N3O/c1-9-21(4)12-18-28(22(5)10-2)31-33(7)30-20-24(27(11-3)23(6)32)13-19-29(30)34(31)25-14-16-26(35-8)17-15-25/h11,13,19-22,25-26,28,31-32H,9-10,12,14-18H2,1-8H3/b27-11-,32-23?. The number of rotatable bonds is 11. The molecule has 2 aliphatic rings. The number of methoxy groups -OCH3 is 1. The highest BCUT2D eigenvalue weighted by Gasteiger charge is 2.44. The van der Waals surface area contributed by atoms with Gasteiger partial charge >= 0.3 is 0 Å². The number of hydrogen-bond acceptors (Lipinski definition) is 4. The highest BCUT2D eigenvalue weighted by molar-refractivity contribution is 6.21. The fraction of sp³-hybridized carbons (Fsp3) is 0.710. The van der Waals surface area contributed by atoms with Crippen LogP contribution >= 0.6 is 0 Å². The smallest absolute Gasteiger partial charge is 0.105 e. The molecule has 0 radical (unpaired) electrons. The molecule has 0 amide bonds. The molecule has 1 aromatic rings. The van der Waals surface area contributed by atoms with E-state index in [1.165, 1.54) is 49.9 Å². The maximum absolute atomic E-state index is 8.27. The molecule has 4 unspecified atom stereocenters. The van der Waals surface area contributed by atoms with Crippen molar-refractivity contribution in [2.24, 2.45) is 17.8 Å². The molecule has 4 heteroatoms. The molecule has 1 fully saturated rings. The largest absolute Gasteiger partial charge is 0.381 e. The monoisotopic (exact) mass is 481 g/mol. The Kier molecular flexibility index (Phi) is 9.86. The van der Waals surface area contributed by atoms with Gasteiger partial charge in [-0.15, -0.1) is 0 Å². The van der Waals surface area contributed by atoms with E-state index in [4.69, 9.17) is 10.1 Å². The van der Waals surface area contributed by atoms with E-state index in [1.807, 2.05) is 21.0 Å². The van der Waals surface area contributed by atoms with Crippen LogP contribution in [-0.4, -0.2) is 38.2 Å². The lowest BCUT2D eigenvalue weighted by atomic mass is 9.81. The Balaban J connectivity index is 2.04. The minimum Gasteiger partial charge on any atom is -0.381 e. The van der Waals surface area contributed by atoms with Crippen molar-refractivity contribution in [3.8, 4) is 0 Å². The quantitative estimate of drug-likeness (QED) is 0.324. The molecule has 0 saturated heterocycles. The molecule has 1 aliphatic heterocycles. The molecule has 0 aromatic heterocycles. The lowest BCUT2D eigenvalue weighted by molar-refractivity contribution is 0.0637. The molecule has 1 aliphatic carbocycles. The predicted octanol–water partition coefficient (Wildman–Crippen LogP) is 8.16. The molecule has 3 rings (SSSR count). The highest BCUT2D eigenvalue weighted by atomic mass is 16.5.